The Kier molecular flexibility index (Phi) is 5.20. The fourth-order valence-corrected chi connectivity index (χ4v) is 2.43. The van der Waals surface area contributed by atoms with E-state index >= 15 is 0 Å². The zero-order valence-electron chi connectivity index (χ0n) is 11.6. The first-order valence-electron chi connectivity index (χ1n) is 6.70. The minimum Gasteiger partial charge on any atom is -0.366 e. The number of hydrogen-bond donors (Lipinski definition) is 2. The maximum atomic E-state index is 11.2. The van der Waals surface area contributed by atoms with Gasteiger partial charge in [0.2, 0.25) is 5.91 Å². The summed E-state index contributed by atoms with van der Waals surface area (Å²) in [6.45, 7) is 1.95. The van der Waals surface area contributed by atoms with Crippen LogP contribution in [0.5, 0.6) is 0 Å². The molecule has 0 unspecified atom stereocenters. The molecule has 2 aromatic carbocycles. The van der Waals surface area contributed by atoms with Crippen LogP contribution in [0, 0.1) is 0 Å². The van der Waals surface area contributed by atoms with E-state index in [0.717, 1.165) is 12.2 Å². The molecular formula is C16H18ClN3O. The van der Waals surface area contributed by atoms with Gasteiger partial charge in [-0.15, -0.1) is 0 Å². The maximum Gasteiger partial charge on any atom is 0.250 e. The zero-order valence-corrected chi connectivity index (χ0v) is 12.4. The molecule has 1 amide bonds. The summed E-state index contributed by atoms with van der Waals surface area (Å²) in [4.78, 5) is 13.3. The van der Waals surface area contributed by atoms with Crippen LogP contribution < -0.4 is 16.4 Å². The van der Waals surface area contributed by atoms with Crippen LogP contribution in [0.1, 0.15) is 15.9 Å². The van der Waals surface area contributed by atoms with Gasteiger partial charge >= 0.3 is 0 Å². The van der Waals surface area contributed by atoms with Crippen LogP contribution in [0.2, 0.25) is 5.02 Å². The fraction of sp³-hybridized carbons (Fsp3) is 0.188. The second kappa shape index (κ2) is 7.11. The standard InChI is InChI=1S/C16H18ClN3O/c17-15-10-13(6-7-14(15)16(19)21)20(9-8-18)11-12-4-2-1-3-5-12/h1-7,10H,8-9,11,18H2,(H2,19,21). The molecule has 2 aromatic rings. The number of anilines is 1. The molecule has 0 aliphatic heterocycles. The van der Waals surface area contributed by atoms with Crippen molar-refractivity contribution in [2.24, 2.45) is 11.5 Å². The molecule has 0 atom stereocenters. The summed E-state index contributed by atoms with van der Waals surface area (Å²) < 4.78 is 0. The van der Waals surface area contributed by atoms with E-state index in [1.807, 2.05) is 24.3 Å². The molecule has 0 fully saturated rings. The summed E-state index contributed by atoms with van der Waals surface area (Å²) >= 11 is 6.11. The summed E-state index contributed by atoms with van der Waals surface area (Å²) in [7, 11) is 0. The SMILES string of the molecule is NCCN(Cc1ccccc1)c1ccc(C(N)=O)c(Cl)c1. The third-order valence-electron chi connectivity index (χ3n) is 3.20. The largest absolute Gasteiger partial charge is 0.366 e. The molecule has 0 heterocycles. The van der Waals surface area contributed by atoms with Crippen molar-refractivity contribution in [3.8, 4) is 0 Å². The first-order valence-corrected chi connectivity index (χ1v) is 7.08. The highest BCUT2D eigenvalue weighted by Crippen LogP contribution is 2.24. The number of hydrogen-bond acceptors (Lipinski definition) is 3. The van der Waals surface area contributed by atoms with Gasteiger partial charge in [-0.25, -0.2) is 0 Å². The van der Waals surface area contributed by atoms with E-state index < -0.39 is 5.91 Å². The Morgan fingerprint density at radius 2 is 1.86 bits per heavy atom. The molecule has 4 nitrogen and oxygen atoms in total. The van der Waals surface area contributed by atoms with Crippen molar-refractivity contribution in [1.29, 1.82) is 0 Å². The van der Waals surface area contributed by atoms with Gasteiger partial charge in [0.15, 0.2) is 0 Å². The molecule has 0 radical (unpaired) electrons. The average Bonchev–Trinajstić information content (AvgIpc) is 2.47. The van der Waals surface area contributed by atoms with E-state index in [9.17, 15) is 4.79 Å². The molecule has 0 bridgehead atoms. The Morgan fingerprint density at radius 3 is 2.43 bits per heavy atom. The van der Waals surface area contributed by atoms with E-state index in [-0.39, 0.29) is 0 Å². The lowest BCUT2D eigenvalue weighted by Gasteiger charge is -2.25. The molecule has 0 spiro atoms. The second-order valence-electron chi connectivity index (χ2n) is 4.72. The molecular weight excluding hydrogens is 286 g/mol. The van der Waals surface area contributed by atoms with E-state index in [2.05, 4.69) is 17.0 Å². The molecule has 110 valence electrons. The average molecular weight is 304 g/mol. The van der Waals surface area contributed by atoms with Gasteiger partial charge < -0.3 is 16.4 Å². The first kappa shape index (κ1) is 15.4. The smallest absolute Gasteiger partial charge is 0.250 e. The van der Waals surface area contributed by atoms with E-state index in [1.165, 1.54) is 5.56 Å². The van der Waals surface area contributed by atoms with Crippen LogP contribution in [-0.4, -0.2) is 19.0 Å². The number of primary amides is 1. The third-order valence-corrected chi connectivity index (χ3v) is 3.51. The van der Waals surface area contributed by atoms with Gasteiger partial charge in [0.1, 0.15) is 0 Å². The third kappa shape index (κ3) is 3.97. The molecule has 4 N–H and O–H groups in total. The minimum atomic E-state index is -0.528. The maximum absolute atomic E-state index is 11.2. The lowest BCUT2D eigenvalue weighted by Crippen LogP contribution is -2.29. The molecule has 0 aliphatic carbocycles. The quantitative estimate of drug-likeness (QED) is 0.860. The van der Waals surface area contributed by atoms with E-state index in [4.69, 9.17) is 23.1 Å². The lowest BCUT2D eigenvalue weighted by atomic mass is 10.1. The van der Waals surface area contributed by atoms with E-state index in [0.29, 0.717) is 23.7 Å². The summed E-state index contributed by atoms with van der Waals surface area (Å²) in [6.07, 6.45) is 0. The highest BCUT2D eigenvalue weighted by molar-refractivity contribution is 6.34. The van der Waals surface area contributed by atoms with Gasteiger partial charge in [0, 0.05) is 25.3 Å². The number of halogens is 1. The normalized spacial score (nSPS) is 10.4. The topological polar surface area (TPSA) is 72.3 Å². The fourth-order valence-electron chi connectivity index (χ4n) is 2.16. The second-order valence-corrected chi connectivity index (χ2v) is 5.13. The highest BCUT2D eigenvalue weighted by Gasteiger charge is 2.11. The molecule has 0 saturated heterocycles. The van der Waals surface area contributed by atoms with Gasteiger partial charge in [0.05, 0.1) is 10.6 Å². The van der Waals surface area contributed by atoms with Gasteiger partial charge in [-0.2, -0.15) is 0 Å². The number of amides is 1. The number of carbonyl (C=O) groups is 1. The summed E-state index contributed by atoms with van der Waals surface area (Å²) in [5.41, 5.74) is 13.4. The number of nitrogens with zero attached hydrogens (tertiary/aromatic N) is 1. The Labute approximate surface area is 129 Å². The van der Waals surface area contributed by atoms with Crippen molar-refractivity contribution < 1.29 is 4.79 Å². The Morgan fingerprint density at radius 1 is 1.14 bits per heavy atom. The van der Waals surface area contributed by atoms with Crippen LogP contribution in [0.15, 0.2) is 48.5 Å². The molecule has 0 saturated carbocycles. The number of rotatable bonds is 6. The molecule has 21 heavy (non-hydrogen) atoms. The van der Waals surface area contributed by atoms with Crippen molar-refractivity contribution in [3.05, 3.63) is 64.7 Å². The van der Waals surface area contributed by atoms with Crippen LogP contribution >= 0.6 is 11.6 Å². The van der Waals surface area contributed by atoms with E-state index in [1.54, 1.807) is 12.1 Å². The van der Waals surface area contributed by atoms with Gasteiger partial charge in [-0.05, 0) is 23.8 Å². The van der Waals surface area contributed by atoms with Crippen molar-refractivity contribution >= 4 is 23.2 Å². The monoisotopic (exact) mass is 303 g/mol. The van der Waals surface area contributed by atoms with Gasteiger partial charge in [-0.3, -0.25) is 4.79 Å². The van der Waals surface area contributed by atoms with Crippen molar-refractivity contribution in [2.45, 2.75) is 6.54 Å². The number of carbonyl (C=O) groups excluding carboxylic acids is 1. The van der Waals surface area contributed by atoms with Crippen molar-refractivity contribution in [3.63, 3.8) is 0 Å². The number of nitrogens with two attached hydrogens (primary N) is 2. The van der Waals surface area contributed by atoms with Crippen LogP contribution in [0.3, 0.4) is 0 Å². The molecule has 2 rings (SSSR count). The number of benzene rings is 2. The molecule has 0 aliphatic rings. The molecule has 5 heteroatoms. The van der Waals surface area contributed by atoms with Gasteiger partial charge in [0.25, 0.3) is 0 Å². The van der Waals surface area contributed by atoms with Gasteiger partial charge in [-0.1, -0.05) is 41.9 Å². The van der Waals surface area contributed by atoms with Crippen molar-refractivity contribution in [2.75, 3.05) is 18.0 Å². The Balaban J connectivity index is 2.26. The predicted molar refractivity (Wildman–Crippen MR) is 86.5 cm³/mol. The summed E-state index contributed by atoms with van der Waals surface area (Å²) in [6, 6.07) is 15.3. The Hall–Kier alpha value is -2.04. The van der Waals surface area contributed by atoms with Crippen molar-refractivity contribution in [1.82, 2.24) is 0 Å². The Bertz CT molecular complexity index is 616. The summed E-state index contributed by atoms with van der Waals surface area (Å²) in [5.74, 6) is -0.528. The predicted octanol–water partition coefficient (Wildman–Crippen LogP) is 2.40. The summed E-state index contributed by atoms with van der Waals surface area (Å²) in [5, 5.41) is 0.357. The minimum absolute atomic E-state index is 0.327. The van der Waals surface area contributed by atoms with Crippen LogP contribution in [0.25, 0.3) is 0 Å². The highest BCUT2D eigenvalue weighted by atomic mass is 35.5. The lowest BCUT2D eigenvalue weighted by molar-refractivity contribution is 0.100. The zero-order chi connectivity index (χ0) is 15.2. The van der Waals surface area contributed by atoms with Crippen LogP contribution in [0.4, 0.5) is 5.69 Å². The first-order chi connectivity index (χ1) is 10.1. The van der Waals surface area contributed by atoms with Crippen LogP contribution in [-0.2, 0) is 6.54 Å². The molecule has 0 aromatic heterocycles.